The quantitative estimate of drug-likeness (QED) is 0.651. The molecule has 132 valence electrons. The third kappa shape index (κ3) is 3.27. The highest BCUT2D eigenvalue weighted by atomic mass is 16.5. The van der Waals surface area contributed by atoms with Crippen LogP contribution in [0.2, 0.25) is 0 Å². The minimum absolute atomic E-state index is 0.0467. The van der Waals surface area contributed by atoms with Crippen LogP contribution in [0.4, 0.5) is 10.5 Å². The molecule has 0 aromatic heterocycles. The van der Waals surface area contributed by atoms with E-state index in [4.69, 9.17) is 4.74 Å². The maximum atomic E-state index is 12.7. The van der Waals surface area contributed by atoms with E-state index in [-0.39, 0.29) is 17.1 Å². The number of aromatic hydroxyl groups is 1. The number of ether oxygens (including phenoxy) is 1. The van der Waals surface area contributed by atoms with Crippen molar-refractivity contribution in [1.82, 2.24) is 5.32 Å². The van der Waals surface area contributed by atoms with Gasteiger partial charge in [-0.25, -0.2) is 9.69 Å². The maximum absolute atomic E-state index is 12.7. The molecule has 0 saturated carbocycles. The number of benzene rings is 2. The molecule has 1 aliphatic rings. The standard InChI is InChI=1S/C19H16N2O5/c1-2-26-16-11-12(8-9-15(16)22)10-14-17(23)20-19(25)21(18(14)24)13-6-4-3-5-7-13/h3-11,22H,2H2,1H3,(H,20,23,25). The molecule has 2 aromatic carbocycles. The summed E-state index contributed by atoms with van der Waals surface area (Å²) in [6, 6.07) is 12.0. The number of amides is 4. The highest BCUT2D eigenvalue weighted by Gasteiger charge is 2.36. The Kier molecular flexibility index (Phi) is 4.70. The summed E-state index contributed by atoms with van der Waals surface area (Å²) >= 11 is 0. The van der Waals surface area contributed by atoms with Crippen LogP contribution < -0.4 is 15.0 Å². The molecule has 0 spiro atoms. The maximum Gasteiger partial charge on any atom is 0.335 e. The second-order valence-corrected chi connectivity index (χ2v) is 5.45. The highest BCUT2D eigenvalue weighted by Crippen LogP contribution is 2.28. The molecule has 0 atom stereocenters. The Labute approximate surface area is 149 Å². The van der Waals surface area contributed by atoms with Gasteiger partial charge in [-0.3, -0.25) is 14.9 Å². The Morgan fingerprint density at radius 2 is 1.85 bits per heavy atom. The lowest BCUT2D eigenvalue weighted by molar-refractivity contribution is -0.122. The lowest BCUT2D eigenvalue weighted by Gasteiger charge is -2.26. The van der Waals surface area contributed by atoms with E-state index in [1.165, 1.54) is 24.3 Å². The number of rotatable bonds is 4. The minimum atomic E-state index is -0.802. The van der Waals surface area contributed by atoms with Crippen molar-refractivity contribution in [3.8, 4) is 11.5 Å². The Morgan fingerprint density at radius 1 is 1.12 bits per heavy atom. The molecule has 26 heavy (non-hydrogen) atoms. The van der Waals surface area contributed by atoms with Crippen LogP contribution in [0, 0.1) is 0 Å². The number of phenols is 1. The molecule has 2 aromatic rings. The van der Waals surface area contributed by atoms with E-state index in [9.17, 15) is 19.5 Å². The van der Waals surface area contributed by atoms with E-state index >= 15 is 0 Å². The second kappa shape index (κ2) is 7.10. The van der Waals surface area contributed by atoms with Gasteiger partial charge in [-0.1, -0.05) is 24.3 Å². The Hall–Kier alpha value is -3.61. The molecule has 1 saturated heterocycles. The Morgan fingerprint density at radius 3 is 2.54 bits per heavy atom. The number of imide groups is 2. The van der Waals surface area contributed by atoms with Crippen LogP contribution in [0.25, 0.3) is 6.08 Å². The lowest BCUT2D eigenvalue weighted by atomic mass is 10.1. The first kappa shape index (κ1) is 17.2. The summed E-state index contributed by atoms with van der Waals surface area (Å²) in [7, 11) is 0. The molecular weight excluding hydrogens is 336 g/mol. The average Bonchev–Trinajstić information content (AvgIpc) is 2.62. The predicted octanol–water partition coefficient (Wildman–Crippen LogP) is 2.46. The van der Waals surface area contributed by atoms with Gasteiger partial charge in [-0.15, -0.1) is 0 Å². The molecule has 1 aliphatic heterocycles. The minimum Gasteiger partial charge on any atom is -0.504 e. The molecule has 0 aliphatic carbocycles. The zero-order valence-corrected chi connectivity index (χ0v) is 13.9. The van der Waals surface area contributed by atoms with E-state index < -0.39 is 17.8 Å². The smallest absolute Gasteiger partial charge is 0.335 e. The first-order valence-electron chi connectivity index (χ1n) is 7.93. The van der Waals surface area contributed by atoms with Crippen LogP contribution in [0.15, 0.2) is 54.1 Å². The monoisotopic (exact) mass is 352 g/mol. The Bertz CT molecular complexity index is 905. The van der Waals surface area contributed by atoms with Gasteiger partial charge in [0.1, 0.15) is 5.57 Å². The second-order valence-electron chi connectivity index (χ2n) is 5.45. The molecular formula is C19H16N2O5. The summed E-state index contributed by atoms with van der Waals surface area (Å²) < 4.78 is 5.30. The van der Waals surface area contributed by atoms with Crippen LogP contribution in [0.3, 0.4) is 0 Å². The number of hydrogen-bond acceptors (Lipinski definition) is 5. The van der Waals surface area contributed by atoms with Crippen molar-refractivity contribution >= 4 is 29.6 Å². The van der Waals surface area contributed by atoms with E-state index in [2.05, 4.69) is 5.32 Å². The number of carbonyl (C=O) groups excluding carboxylic acids is 3. The summed E-state index contributed by atoms with van der Waals surface area (Å²) in [6.45, 7) is 2.12. The topological polar surface area (TPSA) is 95.9 Å². The molecule has 0 unspecified atom stereocenters. The summed E-state index contributed by atoms with van der Waals surface area (Å²) in [6.07, 6.45) is 1.35. The van der Waals surface area contributed by atoms with E-state index in [1.54, 1.807) is 37.3 Å². The van der Waals surface area contributed by atoms with E-state index in [0.29, 0.717) is 17.9 Å². The molecule has 1 heterocycles. The summed E-state index contributed by atoms with van der Waals surface area (Å²) in [5.74, 6) is -1.31. The molecule has 7 nitrogen and oxygen atoms in total. The largest absolute Gasteiger partial charge is 0.504 e. The number of anilines is 1. The first-order valence-corrected chi connectivity index (χ1v) is 7.93. The number of nitrogens with one attached hydrogen (secondary N) is 1. The van der Waals surface area contributed by atoms with Crippen molar-refractivity contribution in [2.45, 2.75) is 6.92 Å². The highest BCUT2D eigenvalue weighted by molar-refractivity contribution is 6.39. The van der Waals surface area contributed by atoms with Crippen molar-refractivity contribution in [3.63, 3.8) is 0 Å². The van der Waals surface area contributed by atoms with Crippen molar-refractivity contribution in [3.05, 3.63) is 59.7 Å². The normalized spacial score (nSPS) is 16.0. The van der Waals surface area contributed by atoms with Crippen LogP contribution in [-0.2, 0) is 9.59 Å². The van der Waals surface area contributed by atoms with Crippen molar-refractivity contribution in [2.24, 2.45) is 0 Å². The number of barbiturate groups is 1. The van der Waals surface area contributed by atoms with Crippen LogP contribution >= 0.6 is 0 Å². The van der Waals surface area contributed by atoms with Gasteiger partial charge in [0.15, 0.2) is 11.5 Å². The van der Waals surface area contributed by atoms with Gasteiger partial charge in [-0.2, -0.15) is 0 Å². The third-order valence-corrected chi connectivity index (χ3v) is 3.71. The van der Waals surface area contributed by atoms with Gasteiger partial charge in [0.2, 0.25) is 0 Å². The number of hydrogen-bond donors (Lipinski definition) is 2. The molecule has 3 rings (SSSR count). The summed E-state index contributed by atoms with van der Waals surface area (Å²) in [5.41, 5.74) is 0.641. The molecule has 4 amide bonds. The fourth-order valence-electron chi connectivity index (χ4n) is 2.53. The molecule has 1 fully saturated rings. The van der Waals surface area contributed by atoms with Crippen LogP contribution in [0.1, 0.15) is 12.5 Å². The lowest BCUT2D eigenvalue weighted by Crippen LogP contribution is -2.54. The van der Waals surface area contributed by atoms with E-state index in [0.717, 1.165) is 4.90 Å². The fourth-order valence-corrected chi connectivity index (χ4v) is 2.53. The number of urea groups is 1. The zero-order chi connectivity index (χ0) is 18.7. The van der Waals surface area contributed by atoms with Crippen LogP contribution in [-0.4, -0.2) is 29.6 Å². The van der Waals surface area contributed by atoms with Gasteiger partial charge >= 0.3 is 6.03 Å². The zero-order valence-electron chi connectivity index (χ0n) is 13.9. The number of para-hydroxylation sites is 1. The first-order chi connectivity index (χ1) is 12.5. The summed E-state index contributed by atoms with van der Waals surface area (Å²) in [5, 5.41) is 11.9. The molecule has 0 radical (unpaired) electrons. The summed E-state index contributed by atoms with van der Waals surface area (Å²) in [4.78, 5) is 37.9. The van der Waals surface area contributed by atoms with Crippen molar-refractivity contribution < 1.29 is 24.2 Å². The molecule has 7 heteroatoms. The number of phenolic OH excluding ortho intramolecular Hbond substituents is 1. The predicted molar refractivity (Wildman–Crippen MR) is 94.7 cm³/mol. The number of nitrogens with zero attached hydrogens (tertiary/aromatic N) is 1. The van der Waals surface area contributed by atoms with Gasteiger partial charge in [-0.05, 0) is 42.8 Å². The van der Waals surface area contributed by atoms with Crippen molar-refractivity contribution in [1.29, 1.82) is 0 Å². The van der Waals surface area contributed by atoms with Gasteiger partial charge in [0.05, 0.1) is 12.3 Å². The Balaban J connectivity index is 1.99. The van der Waals surface area contributed by atoms with Gasteiger partial charge < -0.3 is 9.84 Å². The molecule has 0 bridgehead atoms. The van der Waals surface area contributed by atoms with Gasteiger partial charge in [0.25, 0.3) is 11.8 Å². The van der Waals surface area contributed by atoms with E-state index in [1.807, 2.05) is 0 Å². The average molecular weight is 352 g/mol. The number of carbonyl (C=O) groups is 3. The van der Waals surface area contributed by atoms with Gasteiger partial charge in [0, 0.05) is 0 Å². The van der Waals surface area contributed by atoms with Crippen LogP contribution in [0.5, 0.6) is 11.5 Å². The molecule has 2 N–H and O–H groups in total. The third-order valence-electron chi connectivity index (χ3n) is 3.71. The van der Waals surface area contributed by atoms with Crippen molar-refractivity contribution in [2.75, 3.05) is 11.5 Å². The SMILES string of the molecule is CCOc1cc(C=C2C(=O)NC(=O)N(c3ccccc3)C2=O)ccc1O. The fraction of sp³-hybridized carbons (Fsp3) is 0.105.